The molecule has 1 fully saturated rings. The van der Waals surface area contributed by atoms with Crippen LogP contribution in [0, 0.1) is 0 Å². The van der Waals surface area contributed by atoms with Crippen molar-refractivity contribution < 1.29 is 33.6 Å². The number of nitrogens with zero attached hydrogens (tertiary/aromatic N) is 1. The van der Waals surface area contributed by atoms with Crippen LogP contribution in [0.1, 0.15) is 23.6 Å². The Kier molecular flexibility index (Phi) is 8.30. The molecule has 0 aromatic heterocycles. The van der Waals surface area contributed by atoms with Crippen molar-refractivity contribution in [2.75, 3.05) is 41.6 Å². The molecule has 34 heavy (non-hydrogen) atoms. The average molecular weight is 510 g/mol. The number of aliphatic hydroxyl groups excluding tert-OH is 1. The van der Waals surface area contributed by atoms with E-state index in [4.69, 9.17) is 42.1 Å². The van der Waals surface area contributed by atoms with Crippen molar-refractivity contribution >= 4 is 40.7 Å². The molecular weight excluding hydrogens is 485 g/mol. The van der Waals surface area contributed by atoms with Crippen LogP contribution in [0.3, 0.4) is 0 Å². The number of methoxy groups -OCH3 is 4. The van der Waals surface area contributed by atoms with Gasteiger partial charge in [-0.1, -0.05) is 35.3 Å². The number of halogens is 2. The van der Waals surface area contributed by atoms with E-state index in [1.54, 1.807) is 31.4 Å². The van der Waals surface area contributed by atoms with Crippen molar-refractivity contribution in [1.82, 2.24) is 4.90 Å². The molecule has 10 heteroatoms. The van der Waals surface area contributed by atoms with Crippen molar-refractivity contribution in [2.24, 2.45) is 0 Å². The molecule has 1 unspecified atom stereocenters. The zero-order valence-electron chi connectivity index (χ0n) is 19.2. The summed E-state index contributed by atoms with van der Waals surface area (Å²) in [5.74, 6) is -1.21. The summed E-state index contributed by atoms with van der Waals surface area (Å²) in [4.78, 5) is 27.6. The number of carbonyl (C=O) groups excluding carboxylic acids is 2. The van der Waals surface area contributed by atoms with Gasteiger partial charge >= 0.3 is 0 Å². The van der Waals surface area contributed by atoms with Crippen LogP contribution in [-0.2, 0) is 14.3 Å². The predicted octanol–water partition coefficient (Wildman–Crippen LogP) is 4.48. The smallest absolute Gasteiger partial charge is 0.295 e. The summed E-state index contributed by atoms with van der Waals surface area (Å²) < 4.78 is 20.9. The molecule has 1 aliphatic heterocycles. The quantitative estimate of drug-likeness (QED) is 0.230. The lowest BCUT2D eigenvalue weighted by Gasteiger charge is -2.25. The number of likely N-dealkylation sites (tertiary alicyclic amines) is 1. The van der Waals surface area contributed by atoms with Gasteiger partial charge in [0.05, 0.1) is 43.5 Å². The molecule has 2 aromatic carbocycles. The largest absolute Gasteiger partial charge is 0.507 e. The first-order valence-corrected chi connectivity index (χ1v) is 11.1. The normalized spacial score (nSPS) is 17.2. The zero-order chi connectivity index (χ0) is 25.0. The number of carbonyl (C=O) groups is 2. The van der Waals surface area contributed by atoms with E-state index in [9.17, 15) is 14.7 Å². The van der Waals surface area contributed by atoms with Gasteiger partial charge in [-0.3, -0.25) is 9.59 Å². The third kappa shape index (κ3) is 4.66. The highest BCUT2D eigenvalue weighted by Crippen LogP contribution is 2.47. The van der Waals surface area contributed by atoms with Gasteiger partial charge in [0, 0.05) is 20.3 Å². The number of ether oxygens (including phenoxy) is 4. The third-order valence-electron chi connectivity index (χ3n) is 5.51. The fourth-order valence-corrected chi connectivity index (χ4v) is 4.60. The number of amides is 1. The van der Waals surface area contributed by atoms with Crippen LogP contribution >= 0.6 is 23.2 Å². The topological polar surface area (TPSA) is 94.5 Å². The Hall–Kier alpha value is -2.94. The fourth-order valence-electron chi connectivity index (χ4n) is 3.91. The van der Waals surface area contributed by atoms with Crippen LogP contribution in [0.4, 0.5) is 0 Å². The maximum Gasteiger partial charge on any atom is 0.295 e. The molecule has 1 amide bonds. The molecule has 0 spiro atoms. The van der Waals surface area contributed by atoms with Crippen LogP contribution < -0.4 is 14.2 Å². The van der Waals surface area contributed by atoms with Gasteiger partial charge in [0.25, 0.3) is 11.7 Å². The van der Waals surface area contributed by atoms with Gasteiger partial charge in [0.15, 0.2) is 11.5 Å². The number of aliphatic hydroxyl groups is 1. The van der Waals surface area contributed by atoms with Gasteiger partial charge < -0.3 is 29.0 Å². The molecule has 0 saturated carbocycles. The second-order valence-corrected chi connectivity index (χ2v) is 8.18. The van der Waals surface area contributed by atoms with Crippen LogP contribution in [-0.4, -0.2) is 63.3 Å². The zero-order valence-corrected chi connectivity index (χ0v) is 20.7. The van der Waals surface area contributed by atoms with Crippen molar-refractivity contribution in [3.8, 4) is 17.2 Å². The van der Waals surface area contributed by atoms with Crippen molar-refractivity contribution in [1.29, 1.82) is 0 Å². The average Bonchev–Trinajstić information content (AvgIpc) is 3.08. The van der Waals surface area contributed by atoms with Crippen LogP contribution in [0.25, 0.3) is 5.76 Å². The Morgan fingerprint density at radius 2 is 1.65 bits per heavy atom. The number of rotatable bonds is 9. The van der Waals surface area contributed by atoms with E-state index in [0.717, 1.165) is 0 Å². The van der Waals surface area contributed by atoms with Crippen molar-refractivity contribution in [3.63, 3.8) is 0 Å². The van der Waals surface area contributed by atoms with Gasteiger partial charge in [-0.2, -0.15) is 0 Å². The molecule has 182 valence electrons. The van der Waals surface area contributed by atoms with Crippen LogP contribution in [0.15, 0.2) is 35.9 Å². The van der Waals surface area contributed by atoms with E-state index in [1.165, 1.54) is 32.3 Å². The van der Waals surface area contributed by atoms with Gasteiger partial charge in [0.1, 0.15) is 16.5 Å². The summed E-state index contributed by atoms with van der Waals surface area (Å²) in [5, 5.41) is 11.5. The van der Waals surface area contributed by atoms with Crippen molar-refractivity contribution in [2.45, 2.75) is 12.5 Å². The Morgan fingerprint density at radius 3 is 2.21 bits per heavy atom. The molecule has 1 atom stereocenters. The minimum Gasteiger partial charge on any atom is -0.507 e. The van der Waals surface area contributed by atoms with Crippen LogP contribution in [0.2, 0.25) is 10.0 Å². The first kappa shape index (κ1) is 25.7. The predicted molar refractivity (Wildman–Crippen MR) is 128 cm³/mol. The second kappa shape index (κ2) is 11.0. The van der Waals surface area contributed by atoms with Gasteiger partial charge in [-0.05, 0) is 30.2 Å². The molecule has 8 nitrogen and oxygen atoms in total. The van der Waals surface area contributed by atoms with Crippen molar-refractivity contribution in [3.05, 3.63) is 57.1 Å². The molecule has 1 N–H and O–H groups in total. The molecule has 2 aromatic rings. The summed E-state index contributed by atoms with van der Waals surface area (Å²) in [6, 6.07) is 7.42. The monoisotopic (exact) mass is 509 g/mol. The minimum absolute atomic E-state index is 0.0226. The second-order valence-electron chi connectivity index (χ2n) is 7.40. The SMILES string of the molecule is COCCCN1C(=O)C(=O)/C(=C(/O)c2cc(Cl)c(OC)c(Cl)c2OC)C1c1ccc(OC)cc1. The number of benzene rings is 2. The Balaban J connectivity index is 2.23. The van der Waals surface area contributed by atoms with Crippen LogP contribution in [0.5, 0.6) is 17.2 Å². The Labute approximate surface area is 207 Å². The highest BCUT2D eigenvalue weighted by molar-refractivity contribution is 6.47. The Bertz CT molecular complexity index is 1120. The highest BCUT2D eigenvalue weighted by Gasteiger charge is 2.46. The summed E-state index contributed by atoms with van der Waals surface area (Å²) >= 11 is 12.7. The maximum atomic E-state index is 13.2. The molecule has 1 saturated heterocycles. The first-order valence-electron chi connectivity index (χ1n) is 10.3. The lowest BCUT2D eigenvalue weighted by Crippen LogP contribution is -2.31. The molecule has 1 heterocycles. The van der Waals surface area contributed by atoms with E-state index in [1.807, 2.05) is 0 Å². The van der Waals surface area contributed by atoms with E-state index in [2.05, 4.69) is 0 Å². The van der Waals surface area contributed by atoms with E-state index in [0.29, 0.717) is 24.3 Å². The first-order chi connectivity index (χ1) is 16.3. The Morgan fingerprint density at radius 1 is 1.00 bits per heavy atom. The number of hydrogen-bond acceptors (Lipinski definition) is 7. The molecule has 0 bridgehead atoms. The number of hydrogen-bond donors (Lipinski definition) is 1. The number of Topliss-reactive ketones (excluding diaryl/α,β-unsaturated/α-hetero) is 1. The minimum atomic E-state index is -0.855. The molecular formula is C24H25Cl2NO7. The maximum absolute atomic E-state index is 13.2. The lowest BCUT2D eigenvalue weighted by molar-refractivity contribution is -0.140. The van der Waals surface area contributed by atoms with Gasteiger partial charge in [-0.15, -0.1) is 0 Å². The summed E-state index contributed by atoms with van der Waals surface area (Å²) in [6.07, 6.45) is 0.500. The standard InChI is InChI=1S/C24H25Cl2NO7/c1-31-11-5-10-27-19(13-6-8-14(32-2)9-7-13)17(21(29)24(27)30)20(28)15-12-16(25)23(34-4)18(26)22(15)33-3/h6-9,12,19,28H,5,10-11H2,1-4H3/b20-17+. The molecule has 3 rings (SSSR count). The van der Waals surface area contributed by atoms with E-state index < -0.39 is 23.5 Å². The summed E-state index contributed by atoms with van der Waals surface area (Å²) in [5.41, 5.74) is 0.568. The van der Waals surface area contributed by atoms with E-state index >= 15 is 0 Å². The lowest BCUT2D eigenvalue weighted by atomic mass is 9.94. The van der Waals surface area contributed by atoms with Gasteiger partial charge in [0.2, 0.25) is 0 Å². The molecule has 0 radical (unpaired) electrons. The summed E-state index contributed by atoms with van der Waals surface area (Å²) in [6.45, 7) is 0.642. The third-order valence-corrected chi connectivity index (χ3v) is 6.14. The fraction of sp³-hybridized carbons (Fsp3) is 0.333. The van der Waals surface area contributed by atoms with Gasteiger partial charge in [-0.25, -0.2) is 0 Å². The molecule has 1 aliphatic rings. The summed E-state index contributed by atoms with van der Waals surface area (Å²) in [7, 11) is 5.84. The van der Waals surface area contributed by atoms with E-state index in [-0.39, 0.29) is 39.2 Å². The molecule has 0 aliphatic carbocycles. The highest BCUT2D eigenvalue weighted by atomic mass is 35.5. The number of ketones is 1.